The summed E-state index contributed by atoms with van der Waals surface area (Å²) in [5.41, 5.74) is 4.77. The van der Waals surface area contributed by atoms with Crippen molar-refractivity contribution in [1.82, 2.24) is 19.5 Å². The van der Waals surface area contributed by atoms with Crippen LogP contribution in [-0.2, 0) is 13.8 Å². The van der Waals surface area contributed by atoms with Gasteiger partial charge in [-0.2, -0.15) is 4.98 Å². The fourth-order valence-corrected chi connectivity index (χ4v) is 8.01. The largest absolute Gasteiger partial charge is 0.790 e. The molecule has 0 spiro atoms. The lowest BCUT2D eigenvalue weighted by molar-refractivity contribution is -0.929. The van der Waals surface area contributed by atoms with Crippen molar-refractivity contribution >= 4 is 24.9 Å². The Morgan fingerprint density at radius 1 is 0.724 bits per heavy atom. The predicted molar refractivity (Wildman–Crippen MR) is 231 cm³/mol. The Balaban J connectivity index is 0.000000448. The van der Waals surface area contributed by atoms with E-state index in [-0.39, 0.29) is 17.1 Å². The topological polar surface area (TPSA) is 212 Å². The molecule has 0 bridgehead atoms. The number of nitrogens with one attached hydrogen (secondary N) is 1. The van der Waals surface area contributed by atoms with E-state index in [1.165, 1.54) is 164 Å². The molecule has 2 aromatic rings. The molecule has 340 valence electrons. The molecule has 0 aromatic carbocycles. The number of aliphatic hydroxyl groups excluding tert-OH is 2. The number of phosphoric ester groups is 1. The van der Waals surface area contributed by atoms with Crippen molar-refractivity contribution in [2.45, 2.75) is 183 Å². The zero-order chi connectivity index (χ0) is 43.6. The molecule has 3 rings (SSSR count). The van der Waals surface area contributed by atoms with E-state index >= 15 is 0 Å². The van der Waals surface area contributed by atoms with Crippen LogP contribution in [0.15, 0.2) is 11.1 Å². The summed E-state index contributed by atoms with van der Waals surface area (Å²) in [6.07, 6.45) is 17.7. The van der Waals surface area contributed by atoms with E-state index in [1.54, 1.807) is 0 Å². The molecule has 1 saturated heterocycles. The van der Waals surface area contributed by atoms with Crippen LogP contribution in [0.4, 0.5) is 5.95 Å². The number of aromatic amines is 1. The quantitative estimate of drug-likeness (QED) is 0.0562. The Hall–Kier alpha value is -1.94. The molecule has 0 amide bonds. The van der Waals surface area contributed by atoms with Crippen molar-refractivity contribution in [2.24, 2.45) is 0 Å². The number of phosphoric acid groups is 1. The van der Waals surface area contributed by atoms with Gasteiger partial charge in [-0.05, 0) is 51.4 Å². The molecule has 5 N–H and O–H groups in total. The number of H-pyrrole nitrogens is 1. The number of nitrogens with two attached hydrogens (primary N) is 1. The summed E-state index contributed by atoms with van der Waals surface area (Å²) in [5.74, 6) is -0.194. The summed E-state index contributed by atoms with van der Waals surface area (Å²) in [7, 11) is -5.26. The minimum absolute atomic E-state index is 0.00705. The number of fused-ring (bicyclic) bond motifs is 1. The molecule has 1 fully saturated rings. The molecule has 58 heavy (non-hydrogen) atoms. The van der Waals surface area contributed by atoms with Crippen LogP contribution in [0.2, 0.25) is 0 Å². The van der Waals surface area contributed by atoms with Gasteiger partial charge < -0.3 is 48.5 Å². The number of imidazole rings is 1. The van der Waals surface area contributed by atoms with E-state index in [2.05, 4.69) is 74.9 Å². The number of hydrogen-bond acceptors (Lipinski definition) is 11. The normalized spacial score (nSPS) is 18.6. The van der Waals surface area contributed by atoms with Crippen molar-refractivity contribution in [3.8, 4) is 0 Å². The molecular weight excluding hydrogens is 761 g/mol. The molecule has 0 unspecified atom stereocenters. The average Bonchev–Trinajstić information content (AvgIpc) is 3.75. The van der Waals surface area contributed by atoms with Crippen LogP contribution >= 0.6 is 7.82 Å². The van der Waals surface area contributed by atoms with Crippen molar-refractivity contribution in [3.05, 3.63) is 16.7 Å². The third-order valence-electron chi connectivity index (χ3n) is 11.3. The molecule has 3 heterocycles. The van der Waals surface area contributed by atoms with Crippen molar-refractivity contribution in [2.75, 3.05) is 64.7 Å². The molecule has 16 heteroatoms. The number of aliphatic hydroxyl groups is 2. The number of anilines is 1. The van der Waals surface area contributed by atoms with Gasteiger partial charge in [-0.25, -0.2) is 4.98 Å². The summed E-state index contributed by atoms with van der Waals surface area (Å²) in [6.45, 7) is 29.3. The zero-order valence-electron chi connectivity index (χ0n) is 37.7. The molecular formula is C42H84N7O8P. The highest BCUT2D eigenvalue weighted by atomic mass is 31.2. The predicted octanol–water partition coefficient (Wildman–Crippen LogP) is 6.17. The number of rotatable bonds is 28. The first kappa shape index (κ1) is 54.1. The first-order valence-electron chi connectivity index (χ1n) is 22.8. The van der Waals surface area contributed by atoms with Crippen LogP contribution in [0.1, 0.15) is 164 Å². The fourth-order valence-electron chi connectivity index (χ4n) is 7.68. The zero-order valence-corrected chi connectivity index (χ0v) is 38.6. The van der Waals surface area contributed by atoms with Crippen molar-refractivity contribution < 1.29 is 42.8 Å². The number of nitrogen functional groups attached to an aromatic ring is 1. The fraction of sp³-hybridized carbons (Fsp3) is 0.881. The van der Waals surface area contributed by atoms with Crippen LogP contribution in [0, 0.1) is 0 Å². The van der Waals surface area contributed by atoms with Gasteiger partial charge in [0.25, 0.3) is 5.56 Å². The molecule has 0 saturated carbocycles. The summed E-state index contributed by atoms with van der Waals surface area (Å²) >= 11 is 0. The Morgan fingerprint density at radius 2 is 1.09 bits per heavy atom. The first-order valence-corrected chi connectivity index (χ1v) is 24.2. The summed E-state index contributed by atoms with van der Waals surface area (Å²) in [4.78, 5) is 42.7. The van der Waals surface area contributed by atoms with Crippen LogP contribution in [0.5, 0.6) is 0 Å². The van der Waals surface area contributed by atoms with Crippen LogP contribution in [0.3, 0.4) is 0 Å². The van der Waals surface area contributed by atoms with Gasteiger partial charge >= 0.3 is 0 Å². The highest BCUT2D eigenvalue weighted by Gasteiger charge is 2.44. The smallest absolute Gasteiger partial charge is 0.280 e. The Kier molecular flexibility index (Phi) is 27.4. The number of nitrogens with zero attached hydrogens (tertiary/aromatic N) is 5. The Bertz CT molecular complexity index is 1340. The average molecular weight is 846 g/mol. The third-order valence-corrected chi connectivity index (χ3v) is 11.8. The van der Waals surface area contributed by atoms with Gasteiger partial charge in [-0.1, -0.05) is 107 Å². The monoisotopic (exact) mass is 846 g/mol. The number of unbranched alkanes of at least 4 members (excludes halogenated alkanes) is 8. The maximum absolute atomic E-state index is 11.7. The Morgan fingerprint density at radius 3 is 1.41 bits per heavy atom. The lowest BCUT2D eigenvalue weighted by Crippen LogP contribution is -2.50. The molecule has 1 aliphatic heterocycles. The second kappa shape index (κ2) is 29.3. The number of ether oxygens (including phenoxy) is 1. The van der Waals surface area contributed by atoms with Crippen molar-refractivity contribution in [1.29, 1.82) is 0 Å². The van der Waals surface area contributed by atoms with Gasteiger partial charge in [-0.15, -0.1) is 0 Å². The van der Waals surface area contributed by atoms with E-state index in [1.807, 2.05) is 0 Å². The summed E-state index contributed by atoms with van der Waals surface area (Å²) in [5, 5.41) is 20.0. The molecule has 15 nitrogen and oxygen atoms in total. The van der Waals surface area contributed by atoms with Crippen LogP contribution in [-0.4, -0.2) is 116 Å². The second-order valence-corrected chi connectivity index (χ2v) is 17.5. The highest BCUT2D eigenvalue weighted by Crippen LogP contribution is 2.34. The lowest BCUT2D eigenvalue weighted by Gasteiger charge is -2.39. The third kappa shape index (κ3) is 19.2. The maximum atomic E-state index is 11.7. The van der Waals surface area contributed by atoms with Crippen molar-refractivity contribution in [3.63, 3.8) is 0 Å². The summed E-state index contributed by atoms with van der Waals surface area (Å²) in [6, 6.07) is 0. The lowest BCUT2D eigenvalue weighted by atomic mass is 10.1. The molecule has 4 atom stereocenters. The first-order chi connectivity index (χ1) is 27.7. The number of aromatic nitrogens is 4. The van der Waals surface area contributed by atoms with Gasteiger partial charge in [-0.3, -0.25) is 14.3 Å². The minimum atomic E-state index is -5.26. The van der Waals surface area contributed by atoms with E-state index in [9.17, 15) is 29.4 Å². The molecule has 1 aliphatic rings. The minimum Gasteiger partial charge on any atom is -0.790 e. The second-order valence-electron chi connectivity index (χ2n) is 16.4. The highest BCUT2D eigenvalue weighted by molar-refractivity contribution is 7.43. The maximum Gasteiger partial charge on any atom is 0.280 e. The van der Waals surface area contributed by atoms with Gasteiger partial charge in [0.1, 0.15) is 18.3 Å². The molecule has 0 radical (unpaired) electrons. The molecule has 0 aliphatic carbocycles. The van der Waals surface area contributed by atoms with Crippen LogP contribution in [0.25, 0.3) is 11.2 Å². The summed E-state index contributed by atoms with van der Waals surface area (Å²) < 4.78 is 23.9. The van der Waals surface area contributed by atoms with Crippen LogP contribution < -0.4 is 21.1 Å². The van der Waals surface area contributed by atoms with E-state index in [4.69, 9.17) is 10.5 Å². The van der Waals surface area contributed by atoms with E-state index < -0.39 is 44.5 Å². The van der Waals surface area contributed by atoms with Gasteiger partial charge in [0, 0.05) is 0 Å². The number of quaternary nitrogens is 2. The number of hydrogen-bond donors (Lipinski definition) is 4. The van der Waals surface area contributed by atoms with E-state index in [0.29, 0.717) is 0 Å². The van der Waals surface area contributed by atoms with Gasteiger partial charge in [0.05, 0.1) is 73.1 Å². The van der Waals surface area contributed by atoms with Gasteiger partial charge in [0.15, 0.2) is 17.4 Å². The molecule has 2 aromatic heterocycles. The standard InChI is InChI=1S/2C16H36N.C10H14N5O8P/c2*1-5-9-13-17(14-10-6-2,15-11-7-3)16-12-8-4;11-10-13-7-4(8(18)14-10)12-2-15(7)9-6(17)5(16)3(23-9)1-22-24(19,20)21/h2*5-16H2,1-4H3;2-3,5-6,9,16-17H,1H2,(H2,19,20,21)(H3,11,13,14,18)/q2*+1;/p-2/t;;3-,5-,6-,9-/m..1/s1. The van der Waals surface area contributed by atoms with Gasteiger partial charge in [0.2, 0.25) is 5.95 Å². The Labute approximate surface area is 350 Å². The van der Waals surface area contributed by atoms with E-state index in [0.717, 1.165) is 10.9 Å². The SMILES string of the molecule is CCCC[N+](CCCC)(CCCC)CCCC.CCCC[N+](CCCC)(CCCC)CCCC.Nc1nc2c(ncn2[C@@H]2O[C@H](COP(=O)([O-])[O-])[C@@H](O)[C@H]2O)c(=O)[nH]1.